The van der Waals surface area contributed by atoms with Crippen molar-refractivity contribution in [3.05, 3.63) is 95.5 Å². The van der Waals surface area contributed by atoms with Crippen LogP contribution in [0.15, 0.2) is 79.1 Å². The third kappa shape index (κ3) is 3.74. The number of esters is 1. The number of hydrogen-bond acceptors (Lipinski definition) is 3. The SMILES string of the molecule is O=C(OCc1ccc(-c2ccccc2)cc1)c1cc[n+]([O-])cc1. The van der Waals surface area contributed by atoms with Gasteiger partial charge in [0.1, 0.15) is 6.61 Å². The number of pyridine rings is 1. The Labute approximate surface area is 134 Å². The van der Waals surface area contributed by atoms with E-state index < -0.39 is 5.97 Å². The van der Waals surface area contributed by atoms with Crippen molar-refractivity contribution >= 4 is 5.97 Å². The molecule has 0 atom stereocenters. The van der Waals surface area contributed by atoms with Crippen molar-refractivity contribution in [2.24, 2.45) is 0 Å². The van der Waals surface area contributed by atoms with Crippen LogP contribution in [0.3, 0.4) is 0 Å². The van der Waals surface area contributed by atoms with E-state index in [9.17, 15) is 10.0 Å². The lowest BCUT2D eigenvalue weighted by molar-refractivity contribution is -0.605. The quantitative estimate of drug-likeness (QED) is 0.422. The molecule has 1 heterocycles. The number of ether oxygens (including phenoxy) is 1. The predicted octanol–water partition coefficient (Wildman–Crippen LogP) is 3.34. The van der Waals surface area contributed by atoms with Crippen LogP contribution in [0, 0.1) is 5.21 Å². The number of nitrogens with zero attached hydrogens (tertiary/aromatic N) is 1. The largest absolute Gasteiger partial charge is 0.619 e. The maximum absolute atomic E-state index is 11.9. The molecule has 0 amide bonds. The lowest BCUT2D eigenvalue weighted by Crippen LogP contribution is -2.24. The molecule has 3 rings (SSSR count). The summed E-state index contributed by atoms with van der Waals surface area (Å²) in [6, 6.07) is 20.8. The van der Waals surface area contributed by atoms with Crippen LogP contribution in [0.1, 0.15) is 15.9 Å². The molecule has 4 nitrogen and oxygen atoms in total. The zero-order valence-electron chi connectivity index (χ0n) is 12.4. The van der Waals surface area contributed by atoms with Crippen LogP contribution in [-0.4, -0.2) is 5.97 Å². The van der Waals surface area contributed by atoms with Crippen LogP contribution in [0.25, 0.3) is 11.1 Å². The van der Waals surface area contributed by atoms with Gasteiger partial charge in [-0.25, -0.2) is 4.79 Å². The van der Waals surface area contributed by atoms with E-state index in [1.165, 1.54) is 24.5 Å². The Balaban J connectivity index is 1.62. The van der Waals surface area contributed by atoms with Crippen LogP contribution in [-0.2, 0) is 11.3 Å². The second-order valence-corrected chi connectivity index (χ2v) is 5.09. The second kappa shape index (κ2) is 6.75. The molecule has 0 aliphatic rings. The normalized spacial score (nSPS) is 10.3. The smallest absolute Gasteiger partial charge is 0.338 e. The molecule has 1 aromatic heterocycles. The number of benzene rings is 2. The first-order valence-electron chi connectivity index (χ1n) is 7.23. The molecule has 0 saturated heterocycles. The highest BCUT2D eigenvalue weighted by Crippen LogP contribution is 2.19. The third-order valence-corrected chi connectivity index (χ3v) is 3.47. The number of rotatable bonds is 4. The van der Waals surface area contributed by atoms with Gasteiger partial charge in [-0.2, -0.15) is 4.73 Å². The molecule has 0 spiro atoms. The van der Waals surface area contributed by atoms with Gasteiger partial charge in [0.25, 0.3) is 0 Å². The van der Waals surface area contributed by atoms with Crippen molar-refractivity contribution < 1.29 is 14.3 Å². The molecule has 114 valence electrons. The summed E-state index contributed by atoms with van der Waals surface area (Å²) in [6.07, 6.45) is 2.54. The summed E-state index contributed by atoms with van der Waals surface area (Å²) in [7, 11) is 0. The zero-order valence-corrected chi connectivity index (χ0v) is 12.4. The summed E-state index contributed by atoms with van der Waals surface area (Å²) >= 11 is 0. The molecule has 0 radical (unpaired) electrons. The maximum atomic E-state index is 11.9. The van der Waals surface area contributed by atoms with E-state index in [1.807, 2.05) is 54.6 Å². The fourth-order valence-corrected chi connectivity index (χ4v) is 2.21. The van der Waals surface area contributed by atoms with Gasteiger partial charge in [-0.3, -0.25) is 0 Å². The zero-order chi connectivity index (χ0) is 16.1. The van der Waals surface area contributed by atoms with Crippen molar-refractivity contribution in [2.75, 3.05) is 0 Å². The van der Waals surface area contributed by atoms with E-state index in [2.05, 4.69) is 0 Å². The average Bonchev–Trinajstić information content (AvgIpc) is 2.61. The summed E-state index contributed by atoms with van der Waals surface area (Å²) in [5.41, 5.74) is 3.53. The predicted molar refractivity (Wildman–Crippen MR) is 86.4 cm³/mol. The Morgan fingerprint density at radius 2 is 1.48 bits per heavy atom. The molecule has 23 heavy (non-hydrogen) atoms. The van der Waals surface area contributed by atoms with Gasteiger partial charge in [-0.05, 0) is 16.7 Å². The van der Waals surface area contributed by atoms with Crippen molar-refractivity contribution in [1.82, 2.24) is 0 Å². The maximum Gasteiger partial charge on any atom is 0.338 e. The summed E-state index contributed by atoms with van der Waals surface area (Å²) in [4.78, 5) is 11.9. The summed E-state index contributed by atoms with van der Waals surface area (Å²) in [6.45, 7) is 0.195. The lowest BCUT2D eigenvalue weighted by Gasteiger charge is -2.06. The van der Waals surface area contributed by atoms with Crippen molar-refractivity contribution in [3.63, 3.8) is 0 Å². The molecule has 0 fully saturated rings. The number of carbonyl (C=O) groups excluding carboxylic acids is 1. The van der Waals surface area contributed by atoms with Crippen LogP contribution >= 0.6 is 0 Å². The topological polar surface area (TPSA) is 53.2 Å². The second-order valence-electron chi connectivity index (χ2n) is 5.09. The Morgan fingerprint density at radius 3 is 2.13 bits per heavy atom. The highest BCUT2D eigenvalue weighted by atomic mass is 16.5. The first-order chi connectivity index (χ1) is 11.2. The number of hydrogen-bond donors (Lipinski definition) is 0. The molecule has 0 bridgehead atoms. The van der Waals surface area contributed by atoms with E-state index in [0.717, 1.165) is 16.7 Å². The van der Waals surface area contributed by atoms with Gasteiger partial charge < -0.3 is 9.94 Å². The van der Waals surface area contributed by atoms with Crippen LogP contribution in [0.2, 0.25) is 0 Å². The van der Waals surface area contributed by atoms with E-state index >= 15 is 0 Å². The molecule has 0 aliphatic carbocycles. The molecule has 0 aliphatic heterocycles. The first kappa shape index (κ1) is 14.8. The molecule has 4 heteroatoms. The van der Waals surface area contributed by atoms with Gasteiger partial charge in [0.2, 0.25) is 0 Å². The molecule has 0 N–H and O–H groups in total. The highest BCUT2D eigenvalue weighted by Gasteiger charge is 2.08. The molecule has 3 aromatic rings. The lowest BCUT2D eigenvalue weighted by atomic mass is 10.0. The van der Waals surface area contributed by atoms with Gasteiger partial charge in [-0.1, -0.05) is 54.6 Å². The van der Waals surface area contributed by atoms with Gasteiger partial charge >= 0.3 is 5.97 Å². The van der Waals surface area contributed by atoms with E-state index in [4.69, 9.17) is 4.74 Å². The van der Waals surface area contributed by atoms with Crippen molar-refractivity contribution in [1.29, 1.82) is 0 Å². The molecular weight excluding hydrogens is 290 g/mol. The third-order valence-electron chi connectivity index (χ3n) is 3.47. The monoisotopic (exact) mass is 305 g/mol. The standard InChI is InChI=1S/C19H15NO3/c21-19(18-10-12-20(22)13-11-18)23-14-15-6-8-17(9-7-15)16-4-2-1-3-5-16/h1-13H,14H2. The summed E-state index contributed by atoms with van der Waals surface area (Å²) in [5.74, 6) is -0.447. The van der Waals surface area contributed by atoms with Crippen LogP contribution in [0.5, 0.6) is 0 Å². The fraction of sp³-hybridized carbons (Fsp3) is 0.0526. The number of aromatic nitrogens is 1. The van der Waals surface area contributed by atoms with E-state index in [0.29, 0.717) is 10.3 Å². The Hall–Kier alpha value is -3.14. The highest BCUT2D eigenvalue weighted by molar-refractivity contribution is 5.89. The van der Waals surface area contributed by atoms with E-state index in [-0.39, 0.29) is 6.61 Å². The first-order valence-corrected chi connectivity index (χ1v) is 7.23. The Bertz CT molecular complexity index is 781. The fourth-order valence-electron chi connectivity index (χ4n) is 2.21. The van der Waals surface area contributed by atoms with Gasteiger partial charge in [-0.15, -0.1) is 0 Å². The minimum absolute atomic E-state index is 0.195. The average molecular weight is 305 g/mol. The van der Waals surface area contributed by atoms with E-state index in [1.54, 1.807) is 0 Å². The Kier molecular flexibility index (Phi) is 4.34. The minimum Gasteiger partial charge on any atom is -0.619 e. The van der Waals surface area contributed by atoms with Gasteiger partial charge in [0.05, 0.1) is 5.56 Å². The van der Waals surface area contributed by atoms with Crippen molar-refractivity contribution in [2.45, 2.75) is 6.61 Å². The summed E-state index contributed by atoms with van der Waals surface area (Å²) < 4.78 is 5.87. The van der Waals surface area contributed by atoms with Gasteiger partial charge in [0.15, 0.2) is 12.4 Å². The van der Waals surface area contributed by atoms with Crippen LogP contribution < -0.4 is 4.73 Å². The molecule has 0 unspecified atom stereocenters. The molecular formula is C19H15NO3. The minimum atomic E-state index is -0.447. The van der Waals surface area contributed by atoms with Crippen LogP contribution in [0.4, 0.5) is 0 Å². The molecule has 0 saturated carbocycles. The Morgan fingerprint density at radius 1 is 0.870 bits per heavy atom. The van der Waals surface area contributed by atoms with Crippen molar-refractivity contribution in [3.8, 4) is 11.1 Å². The summed E-state index contributed by atoms with van der Waals surface area (Å²) in [5, 5.41) is 10.9. The van der Waals surface area contributed by atoms with Gasteiger partial charge in [0, 0.05) is 12.1 Å². The number of carbonyl (C=O) groups is 1. The molecule has 2 aromatic carbocycles.